The van der Waals surface area contributed by atoms with E-state index in [1.54, 1.807) is 18.3 Å². The third-order valence-corrected chi connectivity index (χ3v) is 2.44. The van der Waals surface area contributed by atoms with Crippen LogP contribution in [0, 0.1) is 0 Å². The van der Waals surface area contributed by atoms with Crippen LogP contribution in [0.5, 0.6) is 0 Å². The minimum Gasteiger partial charge on any atom is -0.465 e. The summed E-state index contributed by atoms with van der Waals surface area (Å²) in [5, 5.41) is 1.79. The molecule has 0 aliphatic rings. The van der Waals surface area contributed by atoms with Crippen LogP contribution in [0.2, 0.25) is 0 Å². The molecule has 0 radical (unpaired) electrons. The van der Waals surface area contributed by atoms with Crippen LogP contribution in [0.4, 0.5) is 0 Å². The van der Waals surface area contributed by atoms with E-state index in [4.69, 9.17) is 0 Å². The molecule has 1 heterocycles. The van der Waals surface area contributed by atoms with Crippen molar-refractivity contribution in [2.45, 2.75) is 0 Å². The maximum Gasteiger partial charge on any atom is 0.339 e. The minimum absolute atomic E-state index is 0.218. The van der Waals surface area contributed by atoms with Gasteiger partial charge in [-0.2, -0.15) is 0 Å². The molecule has 0 N–H and O–H groups in total. The summed E-state index contributed by atoms with van der Waals surface area (Å²) in [5.41, 5.74) is 0.694. The average Bonchev–Trinajstić information content (AvgIpc) is 3.11. The number of fused-ring (bicyclic) bond motifs is 1. The molecule has 0 fully saturated rings. The molecule has 18 heavy (non-hydrogen) atoms. The monoisotopic (exact) mass is 241 g/mol. The van der Waals surface area contributed by atoms with Crippen LogP contribution < -0.4 is 5.43 Å². The highest BCUT2D eigenvalue weighted by molar-refractivity contribution is 5.97. The number of benzene rings is 1. The van der Waals surface area contributed by atoms with Crippen molar-refractivity contribution in [3.05, 3.63) is 64.6 Å². The van der Waals surface area contributed by atoms with E-state index in [0.717, 1.165) is 10.8 Å². The molecule has 0 saturated heterocycles. The third-order valence-electron chi connectivity index (χ3n) is 2.44. The number of hydrogen-bond acceptors (Lipinski definition) is 4. The Morgan fingerprint density at radius 1 is 1.11 bits per heavy atom. The second kappa shape index (κ2) is 5.23. The molecule has 0 amide bonds. The lowest BCUT2D eigenvalue weighted by molar-refractivity contribution is 0.0600. The Bertz CT molecular complexity index is 636. The lowest BCUT2D eigenvalue weighted by Gasteiger charge is -1.94. The van der Waals surface area contributed by atoms with E-state index in [1.807, 2.05) is 24.3 Å². The zero-order chi connectivity index (χ0) is 13.0. The number of methoxy groups -OCH3 is 1. The van der Waals surface area contributed by atoms with Gasteiger partial charge in [0.1, 0.15) is 0 Å². The van der Waals surface area contributed by atoms with E-state index in [-0.39, 0.29) is 11.4 Å². The number of rotatable bonds is 1. The fourth-order valence-corrected chi connectivity index (χ4v) is 1.43. The summed E-state index contributed by atoms with van der Waals surface area (Å²) in [6.07, 6.45) is 3.07. The first-order chi connectivity index (χ1) is 8.74. The van der Waals surface area contributed by atoms with Gasteiger partial charge in [-0.15, -0.1) is 0 Å². The summed E-state index contributed by atoms with van der Waals surface area (Å²) in [5.74, 6) is -0.354. The van der Waals surface area contributed by atoms with E-state index >= 15 is 0 Å². The highest BCUT2D eigenvalue weighted by Crippen LogP contribution is 2.11. The molecule has 1 aromatic heterocycles. The van der Waals surface area contributed by atoms with Crippen molar-refractivity contribution >= 4 is 16.7 Å². The Balaban J connectivity index is 0.000000136. The molecule has 2 aromatic carbocycles. The highest BCUT2D eigenvalue weighted by Gasteiger charge is 2.07. The van der Waals surface area contributed by atoms with E-state index in [9.17, 15) is 9.59 Å². The Morgan fingerprint density at radius 3 is 2.22 bits per heavy atom. The quantitative estimate of drug-likeness (QED) is 0.611. The largest absolute Gasteiger partial charge is 0.465 e. The first-order valence-corrected chi connectivity index (χ1v) is 5.36. The van der Waals surface area contributed by atoms with Crippen molar-refractivity contribution in [2.75, 3.05) is 7.11 Å². The van der Waals surface area contributed by atoms with E-state index in [2.05, 4.69) is 9.72 Å². The van der Waals surface area contributed by atoms with Crippen LogP contribution in [0.15, 0.2) is 53.6 Å². The van der Waals surface area contributed by atoms with Crippen LogP contribution in [0.3, 0.4) is 0 Å². The molecular weight excluding hydrogens is 230 g/mol. The Morgan fingerprint density at radius 2 is 1.78 bits per heavy atom. The number of esters is 1. The number of aromatic nitrogens is 1. The predicted octanol–water partition coefficient (Wildman–Crippen LogP) is 1.94. The van der Waals surface area contributed by atoms with Gasteiger partial charge in [0.25, 0.3) is 0 Å². The summed E-state index contributed by atoms with van der Waals surface area (Å²) >= 11 is 0. The van der Waals surface area contributed by atoms with Crippen molar-refractivity contribution < 1.29 is 9.53 Å². The van der Waals surface area contributed by atoms with Gasteiger partial charge in [0.2, 0.25) is 0 Å². The summed E-state index contributed by atoms with van der Waals surface area (Å²) in [6, 6.07) is 10.8. The molecule has 0 aliphatic heterocycles. The molecule has 90 valence electrons. The maximum atomic E-state index is 10.8. The molecule has 0 unspecified atom stereocenters. The second-order valence-corrected chi connectivity index (χ2v) is 3.61. The predicted molar refractivity (Wildman–Crippen MR) is 68.2 cm³/mol. The van der Waals surface area contributed by atoms with Crippen LogP contribution in [-0.2, 0) is 4.74 Å². The SMILES string of the molecule is COC(=O)c1cccnc1.O=c1c2ccccc12. The van der Waals surface area contributed by atoms with Crippen LogP contribution >= 0.6 is 0 Å². The van der Waals surface area contributed by atoms with Crippen molar-refractivity contribution in [1.29, 1.82) is 0 Å². The highest BCUT2D eigenvalue weighted by atomic mass is 16.5. The van der Waals surface area contributed by atoms with Crippen molar-refractivity contribution in [1.82, 2.24) is 4.98 Å². The number of hydrogen-bond donors (Lipinski definition) is 0. The molecular formula is C14H11NO3. The zero-order valence-corrected chi connectivity index (χ0v) is 9.79. The van der Waals surface area contributed by atoms with Crippen LogP contribution in [0.25, 0.3) is 10.8 Å². The van der Waals surface area contributed by atoms with Crippen LogP contribution in [-0.4, -0.2) is 18.1 Å². The first kappa shape index (κ1) is 12.0. The fraction of sp³-hybridized carbons (Fsp3) is 0.0714. The number of pyridine rings is 1. The lowest BCUT2D eigenvalue weighted by atomic mass is 10.3. The molecule has 0 bridgehead atoms. The second-order valence-electron chi connectivity index (χ2n) is 3.61. The Hall–Kier alpha value is -2.49. The molecule has 4 heteroatoms. The summed E-state index contributed by atoms with van der Waals surface area (Å²) in [7, 11) is 1.34. The molecule has 0 aliphatic carbocycles. The molecule has 3 aromatic rings. The summed E-state index contributed by atoms with van der Waals surface area (Å²) < 4.78 is 4.46. The average molecular weight is 241 g/mol. The fourth-order valence-electron chi connectivity index (χ4n) is 1.43. The van der Waals surface area contributed by atoms with E-state index in [1.165, 1.54) is 13.3 Å². The molecule has 3 rings (SSSR count). The maximum absolute atomic E-state index is 10.8. The third kappa shape index (κ3) is 2.60. The summed E-state index contributed by atoms with van der Waals surface area (Å²) in [4.78, 5) is 25.0. The van der Waals surface area contributed by atoms with Gasteiger partial charge in [0.05, 0.1) is 12.7 Å². The molecule has 4 nitrogen and oxygen atoms in total. The van der Waals surface area contributed by atoms with Crippen LogP contribution in [0.1, 0.15) is 10.4 Å². The standard InChI is InChI=1S/C7H7NO2.C7H4O/c1-10-7(9)6-3-2-4-8-5-6;8-7-5-3-1-2-4-6(5)7/h2-5H,1H3;1-4H. The van der Waals surface area contributed by atoms with Gasteiger partial charge in [0.15, 0.2) is 5.43 Å². The number of nitrogens with zero attached hydrogens (tertiary/aromatic N) is 1. The first-order valence-electron chi connectivity index (χ1n) is 5.36. The van der Waals surface area contributed by atoms with Gasteiger partial charge < -0.3 is 4.74 Å². The number of ether oxygens (including phenoxy) is 1. The van der Waals surface area contributed by atoms with E-state index < -0.39 is 0 Å². The van der Waals surface area contributed by atoms with Gasteiger partial charge in [-0.1, -0.05) is 24.3 Å². The minimum atomic E-state index is -0.354. The molecule has 0 saturated carbocycles. The van der Waals surface area contributed by atoms with Gasteiger partial charge in [0, 0.05) is 23.2 Å². The van der Waals surface area contributed by atoms with Crippen molar-refractivity contribution in [3.63, 3.8) is 0 Å². The Kier molecular flexibility index (Phi) is 3.48. The number of carbonyl (C=O) groups is 1. The van der Waals surface area contributed by atoms with Gasteiger partial charge in [-0.3, -0.25) is 9.78 Å². The van der Waals surface area contributed by atoms with E-state index in [0.29, 0.717) is 5.56 Å². The summed E-state index contributed by atoms with van der Waals surface area (Å²) in [6.45, 7) is 0. The lowest BCUT2D eigenvalue weighted by Crippen LogP contribution is -2.00. The number of carbonyl (C=O) groups excluding carboxylic acids is 1. The van der Waals surface area contributed by atoms with Crippen molar-refractivity contribution in [2.24, 2.45) is 0 Å². The normalized spacial score (nSPS) is 9.83. The smallest absolute Gasteiger partial charge is 0.339 e. The zero-order valence-electron chi connectivity index (χ0n) is 9.79. The molecule has 0 atom stereocenters. The van der Waals surface area contributed by atoms with Gasteiger partial charge >= 0.3 is 5.97 Å². The molecule has 0 spiro atoms. The Labute approximate surface area is 104 Å². The topological polar surface area (TPSA) is 56.3 Å². The van der Waals surface area contributed by atoms with Gasteiger partial charge in [-0.25, -0.2) is 4.79 Å². The van der Waals surface area contributed by atoms with Crippen molar-refractivity contribution in [3.8, 4) is 0 Å². The van der Waals surface area contributed by atoms with Gasteiger partial charge in [-0.05, 0) is 12.1 Å².